The molecule has 0 aliphatic rings. The van der Waals surface area contributed by atoms with Gasteiger partial charge in [-0.2, -0.15) is 0 Å². The summed E-state index contributed by atoms with van der Waals surface area (Å²) in [4.78, 5) is 8.97. The first-order valence-electron chi connectivity index (χ1n) is 5.81. The maximum Gasteiger partial charge on any atom is 0.130 e. The minimum absolute atomic E-state index is 0.218. The summed E-state index contributed by atoms with van der Waals surface area (Å²) >= 11 is 0. The zero-order valence-corrected chi connectivity index (χ0v) is 11.3. The molecule has 1 aromatic rings. The molecule has 1 unspecified atom stereocenters. The second kappa shape index (κ2) is 4.91. The molecule has 1 N–H and O–H groups in total. The summed E-state index contributed by atoms with van der Waals surface area (Å²) in [5, 5.41) is 3.35. The predicted octanol–water partition coefficient (Wildman–Crippen LogP) is 2.27. The number of aromatic nitrogens is 2. The van der Waals surface area contributed by atoms with E-state index in [1.165, 1.54) is 0 Å². The van der Waals surface area contributed by atoms with Crippen molar-refractivity contribution in [3.8, 4) is 0 Å². The molecule has 1 rings (SSSR count). The van der Waals surface area contributed by atoms with Crippen LogP contribution in [0.15, 0.2) is 6.07 Å². The van der Waals surface area contributed by atoms with E-state index in [-0.39, 0.29) is 5.41 Å². The summed E-state index contributed by atoms with van der Waals surface area (Å²) in [5.41, 5.74) is 2.31. The van der Waals surface area contributed by atoms with Gasteiger partial charge in [-0.3, -0.25) is 0 Å². The third-order valence-corrected chi connectivity index (χ3v) is 2.81. The molecule has 0 saturated carbocycles. The topological polar surface area (TPSA) is 37.8 Å². The number of hydrogen-bond acceptors (Lipinski definition) is 3. The Morgan fingerprint density at radius 2 is 1.69 bits per heavy atom. The smallest absolute Gasteiger partial charge is 0.130 e. The molecule has 16 heavy (non-hydrogen) atoms. The second-order valence-corrected chi connectivity index (χ2v) is 5.48. The van der Waals surface area contributed by atoms with Crippen LogP contribution in [0.4, 0.5) is 0 Å². The molecular formula is C13H23N3. The summed E-state index contributed by atoms with van der Waals surface area (Å²) in [6, 6.07) is 2.41. The molecule has 0 aromatic carbocycles. The van der Waals surface area contributed by atoms with Gasteiger partial charge in [0.25, 0.3) is 0 Å². The van der Waals surface area contributed by atoms with Crippen LogP contribution in [0.3, 0.4) is 0 Å². The first-order chi connectivity index (χ1) is 7.32. The number of hydrogen-bond donors (Lipinski definition) is 1. The zero-order chi connectivity index (χ0) is 12.3. The van der Waals surface area contributed by atoms with E-state index >= 15 is 0 Å². The Balaban J connectivity index is 2.86. The van der Waals surface area contributed by atoms with Crippen molar-refractivity contribution in [2.45, 2.75) is 47.1 Å². The molecule has 0 spiro atoms. The lowest BCUT2D eigenvalue weighted by Crippen LogP contribution is -2.40. The average Bonchev–Trinajstić information content (AvgIpc) is 2.10. The monoisotopic (exact) mass is 221 g/mol. The Hall–Kier alpha value is -0.960. The van der Waals surface area contributed by atoms with Crippen LogP contribution in [0.1, 0.15) is 38.0 Å². The van der Waals surface area contributed by atoms with Crippen molar-refractivity contribution < 1.29 is 0 Å². The Bertz CT molecular complexity index is 332. The van der Waals surface area contributed by atoms with E-state index in [9.17, 15) is 0 Å². The fraction of sp³-hybridized carbons (Fsp3) is 0.692. The third-order valence-electron chi connectivity index (χ3n) is 2.81. The minimum atomic E-state index is 0.218. The molecule has 0 saturated heterocycles. The molecule has 0 radical (unpaired) electrons. The van der Waals surface area contributed by atoms with Crippen LogP contribution in [-0.4, -0.2) is 23.1 Å². The SMILES string of the molecule is CNC(Cc1nc(C)cc(C)n1)C(C)(C)C. The average molecular weight is 221 g/mol. The largest absolute Gasteiger partial charge is 0.316 e. The van der Waals surface area contributed by atoms with Gasteiger partial charge < -0.3 is 5.32 Å². The van der Waals surface area contributed by atoms with E-state index in [4.69, 9.17) is 0 Å². The predicted molar refractivity (Wildman–Crippen MR) is 67.5 cm³/mol. The molecule has 0 fully saturated rings. The van der Waals surface area contributed by atoms with Gasteiger partial charge in [0.05, 0.1) is 0 Å². The molecule has 1 heterocycles. The molecule has 3 heteroatoms. The van der Waals surface area contributed by atoms with Gasteiger partial charge >= 0.3 is 0 Å². The first kappa shape index (κ1) is 13.1. The zero-order valence-electron chi connectivity index (χ0n) is 11.3. The molecular weight excluding hydrogens is 198 g/mol. The van der Waals surface area contributed by atoms with Crippen LogP contribution in [0.5, 0.6) is 0 Å². The number of likely N-dealkylation sites (N-methyl/N-ethyl adjacent to an activating group) is 1. The van der Waals surface area contributed by atoms with Crippen molar-refractivity contribution in [3.63, 3.8) is 0 Å². The van der Waals surface area contributed by atoms with Gasteiger partial charge in [-0.1, -0.05) is 20.8 Å². The van der Waals surface area contributed by atoms with Crippen molar-refractivity contribution in [2.24, 2.45) is 5.41 Å². The molecule has 3 nitrogen and oxygen atoms in total. The number of nitrogens with zero attached hydrogens (tertiary/aromatic N) is 2. The Kier molecular flexibility index (Phi) is 4.03. The molecule has 90 valence electrons. The minimum Gasteiger partial charge on any atom is -0.316 e. The number of rotatable bonds is 3. The van der Waals surface area contributed by atoms with E-state index in [0.29, 0.717) is 6.04 Å². The molecule has 1 aromatic heterocycles. The summed E-state index contributed by atoms with van der Waals surface area (Å²) in [7, 11) is 2.00. The van der Waals surface area contributed by atoms with E-state index in [0.717, 1.165) is 23.6 Å². The maximum absolute atomic E-state index is 4.48. The highest BCUT2D eigenvalue weighted by Gasteiger charge is 2.24. The van der Waals surface area contributed by atoms with Crippen molar-refractivity contribution >= 4 is 0 Å². The quantitative estimate of drug-likeness (QED) is 0.851. The summed E-state index contributed by atoms with van der Waals surface area (Å²) < 4.78 is 0. The summed E-state index contributed by atoms with van der Waals surface area (Å²) in [5.74, 6) is 0.937. The van der Waals surface area contributed by atoms with Gasteiger partial charge in [0, 0.05) is 23.9 Å². The highest BCUT2D eigenvalue weighted by Crippen LogP contribution is 2.21. The van der Waals surface area contributed by atoms with Crippen LogP contribution in [0, 0.1) is 19.3 Å². The lowest BCUT2D eigenvalue weighted by molar-refractivity contribution is 0.276. The molecule has 0 aliphatic carbocycles. The second-order valence-electron chi connectivity index (χ2n) is 5.48. The van der Waals surface area contributed by atoms with Crippen molar-refractivity contribution in [3.05, 3.63) is 23.3 Å². The van der Waals surface area contributed by atoms with Crippen LogP contribution in [0.2, 0.25) is 0 Å². The fourth-order valence-electron chi connectivity index (χ4n) is 1.91. The molecule has 0 amide bonds. The highest BCUT2D eigenvalue weighted by atomic mass is 14.9. The number of aryl methyl sites for hydroxylation is 2. The van der Waals surface area contributed by atoms with Gasteiger partial charge in [0.1, 0.15) is 5.82 Å². The van der Waals surface area contributed by atoms with E-state index < -0.39 is 0 Å². The standard InChI is InChI=1S/C13H23N3/c1-9-7-10(2)16-12(15-9)8-11(14-6)13(3,4)5/h7,11,14H,8H2,1-6H3. The van der Waals surface area contributed by atoms with Gasteiger partial charge in [0.2, 0.25) is 0 Å². The Morgan fingerprint density at radius 3 is 2.06 bits per heavy atom. The summed E-state index contributed by atoms with van der Waals surface area (Å²) in [6.45, 7) is 10.7. The highest BCUT2D eigenvalue weighted by molar-refractivity contribution is 5.09. The molecule has 0 aliphatic heterocycles. The Morgan fingerprint density at radius 1 is 1.19 bits per heavy atom. The number of nitrogens with one attached hydrogen (secondary N) is 1. The first-order valence-corrected chi connectivity index (χ1v) is 5.81. The van der Waals surface area contributed by atoms with Crippen LogP contribution >= 0.6 is 0 Å². The van der Waals surface area contributed by atoms with Crippen LogP contribution < -0.4 is 5.32 Å². The van der Waals surface area contributed by atoms with Crippen molar-refractivity contribution in [2.75, 3.05) is 7.05 Å². The Labute approximate surface area is 98.7 Å². The van der Waals surface area contributed by atoms with Crippen LogP contribution in [-0.2, 0) is 6.42 Å². The molecule has 1 atom stereocenters. The van der Waals surface area contributed by atoms with E-state index in [1.54, 1.807) is 0 Å². The maximum atomic E-state index is 4.48. The van der Waals surface area contributed by atoms with Crippen molar-refractivity contribution in [1.82, 2.24) is 15.3 Å². The third kappa shape index (κ3) is 3.56. The van der Waals surface area contributed by atoms with Gasteiger partial charge in [-0.25, -0.2) is 9.97 Å². The van der Waals surface area contributed by atoms with Crippen LogP contribution in [0.25, 0.3) is 0 Å². The normalized spacial score (nSPS) is 13.9. The van der Waals surface area contributed by atoms with E-state index in [1.807, 2.05) is 27.0 Å². The summed E-state index contributed by atoms with van der Waals surface area (Å²) in [6.07, 6.45) is 0.878. The lowest BCUT2D eigenvalue weighted by Gasteiger charge is -2.30. The van der Waals surface area contributed by atoms with Gasteiger partial charge in [0.15, 0.2) is 0 Å². The van der Waals surface area contributed by atoms with Gasteiger partial charge in [-0.05, 0) is 32.4 Å². The fourth-order valence-corrected chi connectivity index (χ4v) is 1.91. The molecule has 0 bridgehead atoms. The van der Waals surface area contributed by atoms with E-state index in [2.05, 4.69) is 36.1 Å². The van der Waals surface area contributed by atoms with Crippen molar-refractivity contribution in [1.29, 1.82) is 0 Å². The lowest BCUT2D eigenvalue weighted by atomic mass is 9.84. The van der Waals surface area contributed by atoms with Gasteiger partial charge in [-0.15, -0.1) is 0 Å².